The molecule has 0 saturated carbocycles. The summed E-state index contributed by atoms with van der Waals surface area (Å²) in [7, 11) is 0. The predicted octanol–water partition coefficient (Wildman–Crippen LogP) is 4.92. The number of hydrogen-bond donors (Lipinski definition) is 0. The highest BCUT2D eigenvalue weighted by molar-refractivity contribution is 5.69. The van der Waals surface area contributed by atoms with E-state index in [2.05, 4.69) is 54.7 Å². The van der Waals surface area contributed by atoms with Crippen LogP contribution in [0.25, 0.3) is 17.2 Å². The lowest BCUT2D eigenvalue weighted by atomic mass is 10.3. The first-order chi connectivity index (χ1) is 12.7. The van der Waals surface area contributed by atoms with Crippen LogP contribution in [0.5, 0.6) is 0 Å². The molecule has 2 aromatic rings. The monoisotopic (exact) mass is 349 g/mol. The van der Waals surface area contributed by atoms with Crippen molar-refractivity contribution in [3.05, 3.63) is 85.0 Å². The molecule has 4 nitrogen and oxygen atoms in total. The highest BCUT2D eigenvalue weighted by Gasteiger charge is 2.24. The summed E-state index contributed by atoms with van der Waals surface area (Å²) >= 11 is 0. The molecule has 0 unspecified atom stereocenters. The molecule has 0 bridgehead atoms. The van der Waals surface area contributed by atoms with Gasteiger partial charge in [-0.2, -0.15) is 4.57 Å². The van der Waals surface area contributed by atoms with E-state index in [1.54, 1.807) is 12.2 Å². The SMILES string of the molecule is C=CC1=C(C=C)N(CC)C(=CCC=Cc2oc3ccccc3[n+]2CC)O1. The van der Waals surface area contributed by atoms with Gasteiger partial charge in [-0.1, -0.05) is 31.4 Å². The van der Waals surface area contributed by atoms with Crippen molar-refractivity contribution in [2.75, 3.05) is 6.54 Å². The van der Waals surface area contributed by atoms with Gasteiger partial charge in [-0.05, 0) is 44.6 Å². The molecule has 0 fully saturated rings. The quantitative estimate of drug-likeness (QED) is 0.665. The fourth-order valence-electron chi connectivity index (χ4n) is 3.15. The minimum atomic E-state index is 0.738. The summed E-state index contributed by atoms with van der Waals surface area (Å²) < 4.78 is 14.0. The Hall–Kier alpha value is -3.01. The molecule has 1 aliphatic heterocycles. The summed E-state index contributed by atoms with van der Waals surface area (Å²) in [6.45, 7) is 13.5. The van der Waals surface area contributed by atoms with Gasteiger partial charge in [-0.25, -0.2) is 0 Å². The second-order valence-electron chi connectivity index (χ2n) is 5.84. The molecule has 0 aliphatic carbocycles. The molecule has 0 radical (unpaired) electrons. The molecule has 0 saturated heterocycles. The van der Waals surface area contributed by atoms with Crippen molar-refractivity contribution in [3.8, 4) is 0 Å². The number of nitrogens with zero attached hydrogens (tertiary/aromatic N) is 2. The predicted molar refractivity (Wildman–Crippen MR) is 105 cm³/mol. The van der Waals surface area contributed by atoms with Crippen molar-refractivity contribution >= 4 is 17.2 Å². The van der Waals surface area contributed by atoms with Crippen molar-refractivity contribution in [2.45, 2.75) is 26.8 Å². The fraction of sp³-hybridized carbons (Fsp3) is 0.227. The zero-order chi connectivity index (χ0) is 18.5. The largest absolute Gasteiger partial charge is 0.439 e. The van der Waals surface area contributed by atoms with Crippen LogP contribution in [0.15, 0.2) is 83.5 Å². The summed E-state index contributed by atoms with van der Waals surface area (Å²) in [5.41, 5.74) is 2.97. The number of oxazole rings is 1. The van der Waals surface area contributed by atoms with E-state index in [-0.39, 0.29) is 0 Å². The van der Waals surface area contributed by atoms with E-state index in [4.69, 9.17) is 9.15 Å². The molecule has 0 atom stereocenters. The number of benzene rings is 1. The van der Waals surface area contributed by atoms with Gasteiger partial charge in [-0.3, -0.25) is 0 Å². The highest BCUT2D eigenvalue weighted by Crippen LogP contribution is 2.30. The van der Waals surface area contributed by atoms with Crippen LogP contribution in [0, 0.1) is 0 Å². The van der Waals surface area contributed by atoms with E-state index >= 15 is 0 Å². The van der Waals surface area contributed by atoms with Gasteiger partial charge in [0.25, 0.3) is 5.52 Å². The van der Waals surface area contributed by atoms with E-state index in [9.17, 15) is 0 Å². The first-order valence-corrected chi connectivity index (χ1v) is 8.96. The maximum absolute atomic E-state index is 5.95. The normalized spacial score (nSPS) is 16.1. The van der Waals surface area contributed by atoms with Crippen LogP contribution in [0.1, 0.15) is 26.2 Å². The second kappa shape index (κ2) is 7.91. The van der Waals surface area contributed by atoms with Crippen LogP contribution >= 0.6 is 0 Å². The number of rotatable bonds is 7. The summed E-state index contributed by atoms with van der Waals surface area (Å²) in [6, 6.07) is 8.08. The molecule has 134 valence electrons. The van der Waals surface area contributed by atoms with Crippen LogP contribution in [0.3, 0.4) is 0 Å². The Balaban J connectivity index is 1.77. The van der Waals surface area contributed by atoms with Crippen molar-refractivity contribution in [3.63, 3.8) is 0 Å². The van der Waals surface area contributed by atoms with E-state index < -0.39 is 0 Å². The zero-order valence-corrected chi connectivity index (χ0v) is 15.4. The average Bonchev–Trinajstić information content (AvgIpc) is 3.21. The van der Waals surface area contributed by atoms with E-state index in [1.807, 2.05) is 24.3 Å². The average molecular weight is 349 g/mol. The van der Waals surface area contributed by atoms with E-state index in [1.165, 1.54) is 0 Å². The second-order valence-corrected chi connectivity index (χ2v) is 5.84. The summed E-state index contributed by atoms with van der Waals surface area (Å²) in [6.07, 6.45) is 10.4. The van der Waals surface area contributed by atoms with E-state index in [0.29, 0.717) is 0 Å². The minimum absolute atomic E-state index is 0.738. The van der Waals surface area contributed by atoms with Crippen LogP contribution < -0.4 is 4.57 Å². The maximum Gasteiger partial charge on any atom is 0.373 e. The zero-order valence-electron chi connectivity index (χ0n) is 15.4. The number of fused-ring (bicyclic) bond motifs is 1. The van der Waals surface area contributed by atoms with Crippen LogP contribution in [0.4, 0.5) is 0 Å². The molecule has 3 rings (SSSR count). The molecule has 1 aromatic heterocycles. The summed E-state index contributed by atoms with van der Waals surface area (Å²) in [5, 5.41) is 0. The molecule has 1 aliphatic rings. The summed E-state index contributed by atoms with van der Waals surface area (Å²) in [4.78, 5) is 2.09. The third kappa shape index (κ3) is 3.23. The minimum Gasteiger partial charge on any atom is -0.439 e. The smallest absolute Gasteiger partial charge is 0.373 e. The number of ether oxygens (including phenoxy) is 1. The molecule has 0 amide bonds. The van der Waals surface area contributed by atoms with Crippen molar-refractivity contribution < 1.29 is 13.7 Å². The Morgan fingerprint density at radius 1 is 1.15 bits per heavy atom. The molecule has 2 heterocycles. The van der Waals surface area contributed by atoms with Gasteiger partial charge < -0.3 is 14.1 Å². The molecule has 26 heavy (non-hydrogen) atoms. The van der Waals surface area contributed by atoms with E-state index in [0.717, 1.165) is 53.8 Å². The van der Waals surface area contributed by atoms with Crippen molar-refractivity contribution in [1.82, 2.24) is 4.90 Å². The topological polar surface area (TPSA) is 29.5 Å². The van der Waals surface area contributed by atoms with Crippen LogP contribution in [-0.4, -0.2) is 11.4 Å². The van der Waals surface area contributed by atoms with Crippen LogP contribution in [-0.2, 0) is 11.3 Å². The number of para-hydroxylation sites is 2. The number of aryl methyl sites for hydroxylation is 1. The van der Waals surface area contributed by atoms with Crippen LogP contribution in [0.2, 0.25) is 0 Å². The standard InChI is InChI=1S/C22H25N2O2/c1-5-17-19(6-2)25-21(23(17)7-3)15-11-12-16-22-24(8-4)18-13-9-10-14-20(18)26-22/h5-6,9-10,12-16H,1-2,7-8,11H2,3-4H3/q+1. The number of hydrogen-bond acceptors (Lipinski definition) is 3. The molecular weight excluding hydrogens is 324 g/mol. The molecule has 0 spiro atoms. The first-order valence-electron chi connectivity index (χ1n) is 8.96. The lowest BCUT2D eigenvalue weighted by molar-refractivity contribution is -0.674. The Morgan fingerprint density at radius 2 is 1.96 bits per heavy atom. The molecule has 1 aromatic carbocycles. The van der Waals surface area contributed by atoms with Gasteiger partial charge in [0, 0.05) is 18.7 Å². The third-order valence-electron chi connectivity index (χ3n) is 4.36. The van der Waals surface area contributed by atoms with Gasteiger partial charge in [0.05, 0.1) is 5.70 Å². The van der Waals surface area contributed by atoms with Gasteiger partial charge >= 0.3 is 5.89 Å². The molecule has 0 N–H and O–H groups in total. The lowest BCUT2D eigenvalue weighted by Gasteiger charge is -2.16. The van der Waals surface area contributed by atoms with Gasteiger partial charge in [0.1, 0.15) is 6.54 Å². The molecule has 4 heteroatoms. The Morgan fingerprint density at radius 3 is 2.65 bits per heavy atom. The molecular formula is C22H25N2O2+. The highest BCUT2D eigenvalue weighted by atomic mass is 16.5. The Kier molecular flexibility index (Phi) is 5.42. The van der Waals surface area contributed by atoms with Gasteiger partial charge in [0.15, 0.2) is 11.6 Å². The summed E-state index contributed by atoms with van der Waals surface area (Å²) in [5.74, 6) is 2.41. The maximum atomic E-state index is 5.95. The Bertz CT molecular complexity index is 915. The Labute approximate surface area is 154 Å². The van der Waals surface area contributed by atoms with Gasteiger partial charge in [0.2, 0.25) is 5.58 Å². The van der Waals surface area contributed by atoms with Crippen molar-refractivity contribution in [2.24, 2.45) is 0 Å². The number of aromatic nitrogens is 1. The first kappa shape index (κ1) is 17.8. The lowest BCUT2D eigenvalue weighted by Crippen LogP contribution is -2.33. The number of allylic oxidation sites excluding steroid dienone is 4. The number of likely N-dealkylation sites (N-methyl/N-ethyl adjacent to an activating group) is 1. The van der Waals surface area contributed by atoms with Gasteiger partial charge in [-0.15, -0.1) is 0 Å². The third-order valence-corrected chi connectivity index (χ3v) is 4.36. The fourth-order valence-corrected chi connectivity index (χ4v) is 3.15. The van der Waals surface area contributed by atoms with Crippen molar-refractivity contribution in [1.29, 1.82) is 0 Å².